The van der Waals surface area contributed by atoms with Crippen molar-refractivity contribution in [2.45, 2.75) is 19.6 Å². The molecule has 80 valence electrons. The van der Waals surface area contributed by atoms with Crippen LogP contribution in [0.5, 0.6) is 0 Å². The molecule has 1 aliphatic rings. The SMILES string of the molecule is O=C1CCN(Cc2ccc(CO)cc2)C1. The largest absolute Gasteiger partial charge is 0.392 e. The summed E-state index contributed by atoms with van der Waals surface area (Å²) in [6.07, 6.45) is 0.689. The smallest absolute Gasteiger partial charge is 0.148 e. The van der Waals surface area contributed by atoms with E-state index in [-0.39, 0.29) is 6.61 Å². The Morgan fingerprint density at radius 1 is 1.20 bits per heavy atom. The van der Waals surface area contributed by atoms with Crippen LogP contribution in [0.3, 0.4) is 0 Å². The first-order chi connectivity index (χ1) is 7.28. The highest BCUT2D eigenvalue weighted by atomic mass is 16.3. The van der Waals surface area contributed by atoms with Gasteiger partial charge >= 0.3 is 0 Å². The third kappa shape index (κ3) is 2.64. The first-order valence-electron chi connectivity index (χ1n) is 5.20. The minimum Gasteiger partial charge on any atom is -0.392 e. The van der Waals surface area contributed by atoms with Crippen LogP contribution in [0.25, 0.3) is 0 Å². The third-order valence-electron chi connectivity index (χ3n) is 2.72. The molecule has 0 aliphatic carbocycles. The van der Waals surface area contributed by atoms with Gasteiger partial charge in [0, 0.05) is 19.5 Å². The fraction of sp³-hybridized carbons (Fsp3) is 0.417. The van der Waals surface area contributed by atoms with Gasteiger partial charge in [0.1, 0.15) is 5.78 Å². The Labute approximate surface area is 89.3 Å². The highest BCUT2D eigenvalue weighted by Crippen LogP contribution is 2.11. The Morgan fingerprint density at radius 2 is 1.87 bits per heavy atom. The lowest BCUT2D eigenvalue weighted by atomic mass is 10.1. The van der Waals surface area contributed by atoms with Gasteiger partial charge in [0.2, 0.25) is 0 Å². The quantitative estimate of drug-likeness (QED) is 0.798. The summed E-state index contributed by atoms with van der Waals surface area (Å²) in [5, 5.41) is 8.89. The molecule has 1 fully saturated rings. The molecule has 1 saturated heterocycles. The van der Waals surface area contributed by atoms with Crippen molar-refractivity contribution in [3.05, 3.63) is 35.4 Å². The summed E-state index contributed by atoms with van der Waals surface area (Å²) in [5.41, 5.74) is 2.12. The van der Waals surface area contributed by atoms with Gasteiger partial charge in [-0.25, -0.2) is 0 Å². The molecule has 1 aliphatic heterocycles. The average Bonchev–Trinajstić information content (AvgIpc) is 2.65. The highest BCUT2D eigenvalue weighted by Gasteiger charge is 2.18. The molecular formula is C12H15NO2. The number of Topliss-reactive ketones (excluding diaryl/α,β-unsaturated/α-hetero) is 1. The first kappa shape index (κ1) is 10.3. The van der Waals surface area contributed by atoms with Crippen molar-refractivity contribution in [1.82, 2.24) is 4.90 Å². The summed E-state index contributed by atoms with van der Waals surface area (Å²) in [4.78, 5) is 13.2. The molecule has 3 nitrogen and oxygen atoms in total. The van der Waals surface area contributed by atoms with Gasteiger partial charge in [-0.3, -0.25) is 9.69 Å². The zero-order chi connectivity index (χ0) is 10.7. The predicted octanol–water partition coefficient (Wildman–Crippen LogP) is 0.954. The van der Waals surface area contributed by atoms with E-state index in [9.17, 15) is 4.79 Å². The average molecular weight is 205 g/mol. The molecule has 0 bridgehead atoms. The van der Waals surface area contributed by atoms with Crippen molar-refractivity contribution < 1.29 is 9.90 Å². The molecule has 0 spiro atoms. The fourth-order valence-corrected chi connectivity index (χ4v) is 1.83. The monoisotopic (exact) mass is 205 g/mol. The lowest BCUT2D eigenvalue weighted by molar-refractivity contribution is -0.116. The van der Waals surface area contributed by atoms with Crippen molar-refractivity contribution in [3.8, 4) is 0 Å². The number of aliphatic hydroxyl groups is 1. The standard InChI is InChI=1S/C12H15NO2/c14-9-11-3-1-10(2-4-11)7-13-6-5-12(15)8-13/h1-4,14H,5-9H2. The first-order valence-corrected chi connectivity index (χ1v) is 5.20. The minimum absolute atomic E-state index is 0.0858. The zero-order valence-corrected chi connectivity index (χ0v) is 8.65. The van der Waals surface area contributed by atoms with E-state index < -0.39 is 0 Å². The van der Waals surface area contributed by atoms with Gasteiger partial charge in [0.05, 0.1) is 13.2 Å². The normalized spacial score (nSPS) is 17.3. The zero-order valence-electron chi connectivity index (χ0n) is 8.65. The van der Waals surface area contributed by atoms with E-state index in [1.54, 1.807) is 0 Å². The Kier molecular flexibility index (Phi) is 3.14. The maximum absolute atomic E-state index is 11.1. The summed E-state index contributed by atoms with van der Waals surface area (Å²) in [7, 11) is 0. The topological polar surface area (TPSA) is 40.5 Å². The number of carbonyl (C=O) groups excluding carboxylic acids is 1. The van der Waals surface area contributed by atoms with Crippen LogP contribution in [-0.2, 0) is 17.9 Å². The number of carbonyl (C=O) groups is 1. The molecule has 0 radical (unpaired) electrons. The summed E-state index contributed by atoms with van der Waals surface area (Å²) in [5.74, 6) is 0.335. The second kappa shape index (κ2) is 4.55. The van der Waals surface area contributed by atoms with Crippen molar-refractivity contribution >= 4 is 5.78 Å². The highest BCUT2D eigenvalue weighted by molar-refractivity contribution is 5.82. The number of ketones is 1. The van der Waals surface area contributed by atoms with Gasteiger partial charge in [0.25, 0.3) is 0 Å². The molecule has 1 aromatic rings. The molecule has 0 aromatic heterocycles. The Hall–Kier alpha value is -1.19. The summed E-state index contributed by atoms with van der Waals surface area (Å²) in [6.45, 7) is 2.38. The molecular weight excluding hydrogens is 190 g/mol. The van der Waals surface area contributed by atoms with E-state index in [0.717, 1.165) is 18.7 Å². The lowest BCUT2D eigenvalue weighted by Crippen LogP contribution is -2.19. The number of hydrogen-bond acceptors (Lipinski definition) is 3. The van der Waals surface area contributed by atoms with Gasteiger partial charge in [-0.2, -0.15) is 0 Å². The van der Waals surface area contributed by atoms with Crippen molar-refractivity contribution in [3.63, 3.8) is 0 Å². The van der Waals surface area contributed by atoms with Crippen molar-refractivity contribution in [2.24, 2.45) is 0 Å². The number of hydrogen-bond donors (Lipinski definition) is 1. The molecule has 0 amide bonds. The molecule has 1 N–H and O–H groups in total. The van der Waals surface area contributed by atoms with Gasteiger partial charge in [-0.1, -0.05) is 24.3 Å². The van der Waals surface area contributed by atoms with E-state index in [4.69, 9.17) is 5.11 Å². The van der Waals surface area contributed by atoms with Gasteiger partial charge in [-0.05, 0) is 11.1 Å². The predicted molar refractivity (Wildman–Crippen MR) is 57.3 cm³/mol. The molecule has 15 heavy (non-hydrogen) atoms. The summed E-state index contributed by atoms with van der Waals surface area (Å²) >= 11 is 0. The molecule has 0 atom stereocenters. The van der Waals surface area contributed by atoms with Crippen LogP contribution in [0.1, 0.15) is 17.5 Å². The van der Waals surface area contributed by atoms with Crippen LogP contribution in [0, 0.1) is 0 Å². The second-order valence-corrected chi connectivity index (χ2v) is 3.97. The number of rotatable bonds is 3. The Bertz CT molecular complexity index is 345. The molecule has 1 aromatic carbocycles. The molecule has 2 rings (SSSR count). The van der Waals surface area contributed by atoms with Crippen LogP contribution in [0.15, 0.2) is 24.3 Å². The second-order valence-electron chi connectivity index (χ2n) is 3.97. The van der Waals surface area contributed by atoms with Crippen LogP contribution >= 0.6 is 0 Å². The number of aliphatic hydroxyl groups excluding tert-OH is 1. The number of nitrogens with zero attached hydrogens (tertiary/aromatic N) is 1. The van der Waals surface area contributed by atoms with Crippen LogP contribution in [0.4, 0.5) is 0 Å². The van der Waals surface area contributed by atoms with Crippen molar-refractivity contribution in [1.29, 1.82) is 0 Å². The van der Waals surface area contributed by atoms with Crippen LogP contribution in [-0.4, -0.2) is 28.9 Å². The maximum atomic E-state index is 11.1. The van der Waals surface area contributed by atoms with E-state index >= 15 is 0 Å². The van der Waals surface area contributed by atoms with Gasteiger partial charge in [0.15, 0.2) is 0 Å². The summed E-state index contributed by atoms with van der Waals surface area (Å²) in [6, 6.07) is 7.86. The number of likely N-dealkylation sites (tertiary alicyclic amines) is 1. The van der Waals surface area contributed by atoms with E-state index in [2.05, 4.69) is 4.90 Å². The number of benzene rings is 1. The molecule has 3 heteroatoms. The molecule has 0 saturated carbocycles. The van der Waals surface area contributed by atoms with Gasteiger partial charge < -0.3 is 5.11 Å². The fourth-order valence-electron chi connectivity index (χ4n) is 1.83. The van der Waals surface area contributed by atoms with E-state index in [0.29, 0.717) is 18.7 Å². The minimum atomic E-state index is 0.0858. The van der Waals surface area contributed by atoms with Crippen molar-refractivity contribution in [2.75, 3.05) is 13.1 Å². The summed E-state index contributed by atoms with van der Waals surface area (Å²) < 4.78 is 0. The molecule has 0 unspecified atom stereocenters. The Morgan fingerprint density at radius 3 is 2.40 bits per heavy atom. The van der Waals surface area contributed by atoms with E-state index in [1.165, 1.54) is 5.56 Å². The Balaban J connectivity index is 1.96. The van der Waals surface area contributed by atoms with Crippen LogP contribution < -0.4 is 0 Å². The maximum Gasteiger partial charge on any atom is 0.148 e. The lowest BCUT2D eigenvalue weighted by Gasteiger charge is -2.13. The van der Waals surface area contributed by atoms with Crippen LogP contribution in [0.2, 0.25) is 0 Å². The molecule has 1 heterocycles. The third-order valence-corrected chi connectivity index (χ3v) is 2.72. The van der Waals surface area contributed by atoms with E-state index in [1.807, 2.05) is 24.3 Å². The van der Waals surface area contributed by atoms with Gasteiger partial charge in [-0.15, -0.1) is 0 Å².